The van der Waals surface area contributed by atoms with Crippen molar-refractivity contribution in [2.45, 2.75) is 62.9 Å². The van der Waals surface area contributed by atoms with Crippen molar-refractivity contribution < 1.29 is 45.5 Å². The molecule has 0 aliphatic heterocycles. The molecule has 3 rings (SSSR count). The Kier molecular flexibility index (Phi) is 9.66. The van der Waals surface area contributed by atoms with Gasteiger partial charge in [-0.3, -0.25) is 10.1 Å². The Morgan fingerprint density at radius 2 is 1.79 bits per heavy atom. The number of nitro groups is 1. The number of halogens is 6. The van der Waals surface area contributed by atoms with Crippen molar-refractivity contribution in [3.05, 3.63) is 88.8 Å². The number of hydrogen-bond donors (Lipinski definition) is 2. The highest BCUT2D eigenvalue weighted by atomic mass is 19.4. The lowest BCUT2D eigenvalue weighted by atomic mass is 9.96. The van der Waals surface area contributed by atoms with Crippen LogP contribution in [0.4, 0.5) is 37.8 Å². The molecule has 0 spiro atoms. The van der Waals surface area contributed by atoms with Crippen molar-refractivity contribution in [3.63, 3.8) is 0 Å². The molecule has 0 bridgehead atoms. The number of nitrogens with zero attached hydrogens (tertiary/aromatic N) is 4. The van der Waals surface area contributed by atoms with E-state index in [2.05, 4.69) is 33.7 Å². The number of pyridine rings is 1. The third-order valence-electron chi connectivity index (χ3n) is 6.14. The predicted molar refractivity (Wildman–Crippen MR) is 141 cm³/mol. The van der Waals surface area contributed by atoms with E-state index in [0.29, 0.717) is 5.56 Å². The Morgan fingerprint density at radius 1 is 1.14 bits per heavy atom. The fourth-order valence-corrected chi connectivity index (χ4v) is 4.08. The van der Waals surface area contributed by atoms with Crippen LogP contribution in [0, 0.1) is 10.1 Å². The number of ether oxygens (including phenoxy) is 1. The van der Waals surface area contributed by atoms with Gasteiger partial charge in [0.1, 0.15) is 11.4 Å². The summed E-state index contributed by atoms with van der Waals surface area (Å²) in [5, 5.41) is 31.1. The SMILES string of the molecule is C=CC[C@@](OCc1ccccc1)(c1nnc(-c2nc(NC(C)(C)CC(O)C=C)c(C(F)(F)F)cc2[N+](=O)[O-])o1)C(F)(F)F. The van der Waals surface area contributed by atoms with Crippen molar-refractivity contribution in [2.75, 3.05) is 5.32 Å². The third-order valence-corrected chi connectivity index (χ3v) is 6.14. The van der Waals surface area contributed by atoms with Crippen LogP contribution in [0.25, 0.3) is 11.6 Å². The highest BCUT2D eigenvalue weighted by Gasteiger charge is 2.61. The van der Waals surface area contributed by atoms with Gasteiger partial charge in [0.05, 0.1) is 17.6 Å². The Bertz CT molecular complexity index is 1460. The van der Waals surface area contributed by atoms with Gasteiger partial charge in [0.15, 0.2) is 0 Å². The van der Waals surface area contributed by atoms with Crippen LogP contribution in [0.3, 0.4) is 0 Å². The molecule has 16 heteroatoms. The third kappa shape index (κ3) is 7.56. The monoisotopic (exact) mass is 615 g/mol. The van der Waals surface area contributed by atoms with E-state index in [1.807, 2.05) is 0 Å². The van der Waals surface area contributed by atoms with Crippen molar-refractivity contribution in [3.8, 4) is 11.6 Å². The molecular formula is C27H27F6N5O5. The zero-order chi connectivity index (χ0) is 32.2. The molecule has 1 unspecified atom stereocenters. The van der Waals surface area contributed by atoms with Gasteiger partial charge >= 0.3 is 18.0 Å². The Morgan fingerprint density at radius 3 is 2.33 bits per heavy atom. The van der Waals surface area contributed by atoms with E-state index in [-0.39, 0.29) is 12.5 Å². The minimum atomic E-state index is -5.18. The van der Waals surface area contributed by atoms with Crippen LogP contribution >= 0.6 is 0 Å². The van der Waals surface area contributed by atoms with Crippen LogP contribution in [-0.4, -0.2) is 43.0 Å². The molecule has 0 radical (unpaired) electrons. The molecule has 3 aromatic rings. The highest BCUT2D eigenvalue weighted by Crippen LogP contribution is 2.47. The average molecular weight is 616 g/mol. The zero-order valence-electron chi connectivity index (χ0n) is 22.9. The van der Waals surface area contributed by atoms with Crippen molar-refractivity contribution >= 4 is 11.5 Å². The maximum atomic E-state index is 14.6. The molecule has 1 aromatic carbocycles. The number of anilines is 1. The van der Waals surface area contributed by atoms with E-state index in [4.69, 9.17) is 9.15 Å². The van der Waals surface area contributed by atoms with Crippen LogP contribution in [0.5, 0.6) is 0 Å². The second-order valence-electron chi connectivity index (χ2n) is 10.0. The molecule has 2 atom stereocenters. The summed E-state index contributed by atoms with van der Waals surface area (Å²) in [5.74, 6) is -3.07. The van der Waals surface area contributed by atoms with Crippen LogP contribution in [-0.2, 0) is 23.1 Å². The van der Waals surface area contributed by atoms with Gasteiger partial charge < -0.3 is 19.6 Å². The molecule has 0 fully saturated rings. The van der Waals surface area contributed by atoms with Gasteiger partial charge in [-0.1, -0.05) is 42.5 Å². The standard InChI is InChI=1S/C27H27F6N5O5/c1-5-12-25(27(31,32)33,42-15-16-10-8-7-9-11-16)23-37-36-22(43-23)20-19(38(40)41)13-18(26(28,29)30)21(34-20)35-24(3,4)14-17(39)6-2/h5-11,13,17,39H,1-2,12,14-15H2,3-4H3,(H,34,35)/t17?,25-/m1/s1. The summed E-state index contributed by atoms with van der Waals surface area (Å²) < 4.78 is 96.1. The number of hydrogen-bond acceptors (Lipinski definition) is 9. The molecule has 0 saturated heterocycles. The van der Waals surface area contributed by atoms with Gasteiger partial charge in [-0.05, 0) is 25.8 Å². The summed E-state index contributed by atoms with van der Waals surface area (Å²) >= 11 is 0. The lowest BCUT2D eigenvalue weighted by Crippen LogP contribution is -2.45. The molecule has 0 saturated carbocycles. The van der Waals surface area contributed by atoms with Crippen LogP contribution in [0.1, 0.15) is 43.7 Å². The minimum absolute atomic E-state index is 0.152. The van der Waals surface area contributed by atoms with E-state index in [0.717, 1.165) is 12.2 Å². The predicted octanol–water partition coefficient (Wildman–Crippen LogP) is 6.74. The molecule has 2 N–H and O–H groups in total. The average Bonchev–Trinajstić information content (AvgIpc) is 3.40. The number of nitrogens with one attached hydrogen (secondary N) is 1. The number of alkyl halides is 6. The quantitative estimate of drug-likeness (QED) is 0.0927. The summed E-state index contributed by atoms with van der Waals surface area (Å²) in [7, 11) is 0. The number of aromatic nitrogens is 3. The number of benzene rings is 1. The van der Waals surface area contributed by atoms with E-state index in [1.165, 1.54) is 26.0 Å². The van der Waals surface area contributed by atoms with E-state index >= 15 is 0 Å². The van der Waals surface area contributed by atoms with Crippen LogP contribution < -0.4 is 5.32 Å². The minimum Gasteiger partial charge on any atom is -0.415 e. The molecule has 232 valence electrons. The Hall–Kier alpha value is -4.31. The molecule has 0 aliphatic carbocycles. The molecule has 0 aliphatic rings. The van der Waals surface area contributed by atoms with Gasteiger partial charge in [0.2, 0.25) is 11.3 Å². The summed E-state index contributed by atoms with van der Waals surface area (Å²) in [5.41, 5.74) is -7.93. The number of aliphatic hydroxyl groups excluding tert-OH is 1. The first kappa shape index (κ1) is 33.2. The topological polar surface area (TPSA) is 136 Å². The van der Waals surface area contributed by atoms with Gasteiger partial charge in [-0.2, -0.15) is 26.3 Å². The summed E-state index contributed by atoms with van der Waals surface area (Å²) in [6.45, 7) is 9.02. The Balaban J connectivity index is 2.19. The lowest BCUT2D eigenvalue weighted by Gasteiger charge is -2.31. The highest BCUT2D eigenvalue weighted by molar-refractivity contribution is 5.68. The summed E-state index contributed by atoms with van der Waals surface area (Å²) in [4.78, 5) is 14.3. The van der Waals surface area contributed by atoms with Crippen molar-refractivity contribution in [1.29, 1.82) is 0 Å². The van der Waals surface area contributed by atoms with Crippen molar-refractivity contribution in [1.82, 2.24) is 15.2 Å². The number of aliphatic hydroxyl groups is 1. The van der Waals surface area contributed by atoms with E-state index in [1.54, 1.807) is 18.2 Å². The van der Waals surface area contributed by atoms with Crippen molar-refractivity contribution in [2.24, 2.45) is 0 Å². The lowest BCUT2D eigenvalue weighted by molar-refractivity contribution is -0.384. The van der Waals surface area contributed by atoms with E-state index < -0.39 is 82.1 Å². The molecule has 2 aromatic heterocycles. The second kappa shape index (κ2) is 12.5. The zero-order valence-corrected chi connectivity index (χ0v) is 22.9. The molecular weight excluding hydrogens is 588 g/mol. The first-order chi connectivity index (χ1) is 19.9. The maximum absolute atomic E-state index is 14.6. The first-order valence-corrected chi connectivity index (χ1v) is 12.5. The normalized spacial score (nSPS) is 14.5. The smallest absolute Gasteiger partial charge is 0.415 e. The fourth-order valence-electron chi connectivity index (χ4n) is 4.08. The van der Waals surface area contributed by atoms with Gasteiger partial charge in [0.25, 0.3) is 11.8 Å². The maximum Gasteiger partial charge on any atom is 0.426 e. The molecule has 2 heterocycles. The fraction of sp³-hybridized carbons (Fsp3) is 0.370. The van der Waals surface area contributed by atoms with Gasteiger partial charge in [-0.25, -0.2) is 4.98 Å². The molecule has 43 heavy (non-hydrogen) atoms. The summed E-state index contributed by atoms with van der Waals surface area (Å²) in [6, 6.07) is 7.96. The van der Waals surface area contributed by atoms with Crippen LogP contribution in [0.2, 0.25) is 0 Å². The van der Waals surface area contributed by atoms with E-state index in [9.17, 15) is 41.6 Å². The second-order valence-corrected chi connectivity index (χ2v) is 10.0. The molecule has 10 nitrogen and oxygen atoms in total. The molecule has 0 amide bonds. The van der Waals surface area contributed by atoms with Gasteiger partial charge in [0, 0.05) is 18.0 Å². The number of rotatable bonds is 13. The Labute approximate surface area is 241 Å². The summed E-state index contributed by atoms with van der Waals surface area (Å²) in [6.07, 6.45) is -10.5. The van der Waals surface area contributed by atoms with Gasteiger partial charge in [-0.15, -0.1) is 23.4 Å². The van der Waals surface area contributed by atoms with Crippen LogP contribution in [0.15, 0.2) is 66.1 Å². The largest absolute Gasteiger partial charge is 0.426 e. The first-order valence-electron chi connectivity index (χ1n) is 12.5.